The first-order valence-electron chi connectivity index (χ1n) is 5.48. The molecule has 2 aromatic rings. The number of halogens is 2. The number of nitro benzene ring substituents is 1. The number of benzene rings is 2. The number of rotatable bonds is 4. The van der Waals surface area contributed by atoms with Gasteiger partial charge in [0.05, 0.1) is 4.92 Å². The van der Waals surface area contributed by atoms with Gasteiger partial charge in [0.1, 0.15) is 0 Å². The van der Waals surface area contributed by atoms with Crippen LogP contribution in [0.1, 0.15) is 5.56 Å². The lowest BCUT2D eigenvalue weighted by atomic mass is 10.2. The molecule has 98 valence electrons. The molecule has 0 spiro atoms. The Morgan fingerprint density at radius 3 is 2.32 bits per heavy atom. The second-order valence-electron chi connectivity index (χ2n) is 3.91. The van der Waals surface area contributed by atoms with Crippen molar-refractivity contribution in [2.75, 3.05) is 5.32 Å². The maximum absolute atomic E-state index is 13.0. The van der Waals surface area contributed by atoms with Crippen LogP contribution in [0.2, 0.25) is 0 Å². The van der Waals surface area contributed by atoms with Gasteiger partial charge in [0.25, 0.3) is 5.69 Å². The zero-order valence-corrected chi connectivity index (χ0v) is 9.77. The second kappa shape index (κ2) is 5.43. The third-order valence-electron chi connectivity index (χ3n) is 2.56. The van der Waals surface area contributed by atoms with Crippen molar-refractivity contribution < 1.29 is 13.7 Å². The molecule has 0 aliphatic rings. The summed E-state index contributed by atoms with van der Waals surface area (Å²) in [6, 6.07) is 9.48. The second-order valence-corrected chi connectivity index (χ2v) is 3.91. The number of non-ortho nitro benzene ring substituents is 1. The molecule has 0 aromatic heterocycles. The number of hydrogen-bond donors (Lipinski definition) is 1. The molecule has 0 bridgehead atoms. The number of nitrogens with zero attached hydrogens (tertiary/aromatic N) is 1. The molecule has 4 nitrogen and oxygen atoms in total. The van der Waals surface area contributed by atoms with Gasteiger partial charge >= 0.3 is 0 Å². The van der Waals surface area contributed by atoms with Gasteiger partial charge in [0.2, 0.25) is 0 Å². The van der Waals surface area contributed by atoms with Gasteiger partial charge in [0, 0.05) is 24.4 Å². The number of nitrogens with one attached hydrogen (secondary N) is 1. The van der Waals surface area contributed by atoms with Gasteiger partial charge in [0.15, 0.2) is 11.6 Å². The topological polar surface area (TPSA) is 55.2 Å². The van der Waals surface area contributed by atoms with Crippen molar-refractivity contribution in [2.45, 2.75) is 6.54 Å². The molecule has 0 saturated carbocycles. The van der Waals surface area contributed by atoms with E-state index >= 15 is 0 Å². The smallest absolute Gasteiger partial charge is 0.269 e. The van der Waals surface area contributed by atoms with Gasteiger partial charge in [-0.15, -0.1) is 0 Å². The molecule has 2 rings (SSSR count). The van der Waals surface area contributed by atoms with E-state index in [4.69, 9.17) is 0 Å². The van der Waals surface area contributed by atoms with E-state index in [0.717, 1.165) is 12.1 Å². The van der Waals surface area contributed by atoms with E-state index in [0.29, 0.717) is 17.8 Å². The molecular formula is C13H10F2N2O2. The first-order valence-corrected chi connectivity index (χ1v) is 5.48. The van der Waals surface area contributed by atoms with Crippen LogP contribution in [-0.4, -0.2) is 4.92 Å². The molecule has 0 atom stereocenters. The summed E-state index contributed by atoms with van der Waals surface area (Å²) in [5.41, 5.74) is 1.24. The summed E-state index contributed by atoms with van der Waals surface area (Å²) >= 11 is 0. The maximum atomic E-state index is 13.0. The van der Waals surface area contributed by atoms with E-state index in [-0.39, 0.29) is 5.69 Å². The zero-order valence-electron chi connectivity index (χ0n) is 9.77. The normalized spacial score (nSPS) is 10.2. The van der Waals surface area contributed by atoms with Crippen molar-refractivity contribution in [3.05, 3.63) is 69.8 Å². The lowest BCUT2D eigenvalue weighted by molar-refractivity contribution is -0.384. The van der Waals surface area contributed by atoms with Gasteiger partial charge < -0.3 is 5.32 Å². The van der Waals surface area contributed by atoms with Gasteiger partial charge in [-0.05, 0) is 29.8 Å². The Balaban J connectivity index is 2.01. The minimum absolute atomic E-state index is 0.00150. The Morgan fingerprint density at radius 2 is 1.74 bits per heavy atom. The average Bonchev–Trinajstić information content (AvgIpc) is 2.40. The summed E-state index contributed by atoms with van der Waals surface area (Å²) in [5.74, 6) is -1.79. The summed E-state index contributed by atoms with van der Waals surface area (Å²) in [7, 11) is 0. The Bertz CT molecular complexity index is 600. The van der Waals surface area contributed by atoms with Crippen molar-refractivity contribution in [3.8, 4) is 0 Å². The van der Waals surface area contributed by atoms with Crippen LogP contribution >= 0.6 is 0 Å². The summed E-state index contributed by atoms with van der Waals surface area (Å²) < 4.78 is 25.7. The third kappa shape index (κ3) is 3.25. The van der Waals surface area contributed by atoms with Crippen molar-refractivity contribution in [1.82, 2.24) is 0 Å². The summed E-state index contributed by atoms with van der Waals surface area (Å²) in [4.78, 5) is 9.98. The van der Waals surface area contributed by atoms with E-state index in [9.17, 15) is 18.9 Å². The Hall–Kier alpha value is -2.50. The molecule has 0 heterocycles. The van der Waals surface area contributed by atoms with Crippen LogP contribution in [0.5, 0.6) is 0 Å². The van der Waals surface area contributed by atoms with Gasteiger partial charge in [-0.1, -0.05) is 6.07 Å². The van der Waals surface area contributed by atoms with Crippen molar-refractivity contribution >= 4 is 11.4 Å². The van der Waals surface area contributed by atoms with Crippen LogP contribution < -0.4 is 5.32 Å². The number of nitro groups is 1. The highest BCUT2D eigenvalue weighted by atomic mass is 19.2. The highest BCUT2D eigenvalue weighted by Crippen LogP contribution is 2.16. The van der Waals surface area contributed by atoms with Crippen molar-refractivity contribution in [1.29, 1.82) is 0 Å². The minimum atomic E-state index is -0.900. The molecule has 19 heavy (non-hydrogen) atoms. The highest BCUT2D eigenvalue weighted by Gasteiger charge is 2.05. The molecule has 0 amide bonds. The van der Waals surface area contributed by atoms with Crippen LogP contribution in [0.15, 0.2) is 42.5 Å². The van der Waals surface area contributed by atoms with Gasteiger partial charge in [-0.2, -0.15) is 0 Å². The van der Waals surface area contributed by atoms with E-state index in [1.165, 1.54) is 18.2 Å². The Kier molecular flexibility index (Phi) is 3.70. The molecule has 0 saturated heterocycles. The van der Waals surface area contributed by atoms with E-state index in [2.05, 4.69) is 5.32 Å². The molecule has 6 heteroatoms. The Labute approximate surface area is 107 Å². The SMILES string of the molecule is O=[N+]([O-])c1ccc(NCc2ccc(F)c(F)c2)cc1. The molecule has 1 N–H and O–H groups in total. The molecule has 0 fully saturated rings. The number of anilines is 1. The highest BCUT2D eigenvalue weighted by molar-refractivity contribution is 5.48. The fraction of sp³-hybridized carbons (Fsp3) is 0.0769. The summed E-state index contributed by atoms with van der Waals surface area (Å²) in [5, 5.41) is 13.4. The fourth-order valence-electron chi connectivity index (χ4n) is 1.55. The zero-order chi connectivity index (χ0) is 13.8. The molecule has 0 aliphatic heterocycles. The Morgan fingerprint density at radius 1 is 1.05 bits per heavy atom. The van der Waals surface area contributed by atoms with Gasteiger partial charge in [-0.3, -0.25) is 10.1 Å². The minimum Gasteiger partial charge on any atom is -0.381 e. The fourth-order valence-corrected chi connectivity index (χ4v) is 1.55. The summed E-state index contributed by atoms with van der Waals surface area (Å²) in [6.07, 6.45) is 0. The summed E-state index contributed by atoms with van der Waals surface area (Å²) in [6.45, 7) is 0.301. The van der Waals surface area contributed by atoms with Crippen LogP contribution in [0, 0.1) is 21.7 Å². The third-order valence-corrected chi connectivity index (χ3v) is 2.56. The van der Waals surface area contributed by atoms with E-state index < -0.39 is 16.6 Å². The predicted octanol–water partition coefficient (Wildman–Crippen LogP) is 3.49. The van der Waals surface area contributed by atoms with Crippen LogP contribution in [0.4, 0.5) is 20.2 Å². The lowest BCUT2D eigenvalue weighted by Gasteiger charge is -2.06. The first-order chi connectivity index (χ1) is 9.06. The molecule has 0 aliphatic carbocycles. The largest absolute Gasteiger partial charge is 0.381 e. The average molecular weight is 264 g/mol. The monoisotopic (exact) mass is 264 g/mol. The quantitative estimate of drug-likeness (QED) is 0.679. The molecule has 2 aromatic carbocycles. The van der Waals surface area contributed by atoms with E-state index in [1.54, 1.807) is 12.1 Å². The van der Waals surface area contributed by atoms with Crippen LogP contribution in [0.3, 0.4) is 0 Å². The first kappa shape index (κ1) is 12.9. The van der Waals surface area contributed by atoms with E-state index in [1.807, 2.05) is 0 Å². The molecule has 0 radical (unpaired) electrons. The van der Waals surface area contributed by atoms with Crippen molar-refractivity contribution in [3.63, 3.8) is 0 Å². The van der Waals surface area contributed by atoms with Gasteiger partial charge in [-0.25, -0.2) is 8.78 Å². The van der Waals surface area contributed by atoms with Crippen LogP contribution in [-0.2, 0) is 6.54 Å². The standard InChI is InChI=1S/C13H10F2N2O2/c14-12-6-1-9(7-13(12)15)8-16-10-2-4-11(5-3-10)17(18)19/h1-7,16H,8H2. The van der Waals surface area contributed by atoms with Crippen LogP contribution in [0.25, 0.3) is 0 Å². The predicted molar refractivity (Wildman–Crippen MR) is 66.8 cm³/mol. The van der Waals surface area contributed by atoms with Crippen molar-refractivity contribution in [2.24, 2.45) is 0 Å². The molecular weight excluding hydrogens is 254 g/mol. The molecule has 0 unspecified atom stereocenters. The number of hydrogen-bond acceptors (Lipinski definition) is 3. The lowest BCUT2D eigenvalue weighted by Crippen LogP contribution is -2.00. The maximum Gasteiger partial charge on any atom is 0.269 e.